The molecule has 2 unspecified atom stereocenters. The molecule has 0 amide bonds. The van der Waals surface area contributed by atoms with E-state index in [1.165, 1.54) is 0 Å². The van der Waals surface area contributed by atoms with Gasteiger partial charge >= 0.3 is 5.97 Å². The monoisotopic (exact) mass is 230 g/mol. The summed E-state index contributed by atoms with van der Waals surface area (Å²) in [4.78, 5) is 12.8. The quantitative estimate of drug-likeness (QED) is 0.862. The molecule has 1 aromatic rings. The van der Waals surface area contributed by atoms with Crippen LogP contribution in [0.5, 0.6) is 0 Å². The van der Waals surface area contributed by atoms with Gasteiger partial charge in [-0.05, 0) is 18.6 Å². The summed E-state index contributed by atoms with van der Waals surface area (Å²) < 4.78 is 0. The van der Waals surface area contributed by atoms with Crippen LogP contribution in [0.25, 0.3) is 0 Å². The average molecular weight is 230 g/mol. The molecule has 2 rings (SSSR count). The second kappa shape index (κ2) is 4.46. The molecule has 1 aliphatic rings. The van der Waals surface area contributed by atoms with Crippen molar-refractivity contribution in [2.24, 2.45) is 0 Å². The number of carboxylic acid groups (broad SMARTS) is 1. The first-order valence-corrected chi connectivity index (χ1v) is 5.60. The van der Waals surface area contributed by atoms with Gasteiger partial charge in [0.05, 0.1) is 12.5 Å². The van der Waals surface area contributed by atoms with Crippen LogP contribution in [0.4, 0.5) is 5.69 Å². The van der Waals surface area contributed by atoms with Crippen LogP contribution < -0.4 is 4.90 Å². The predicted octanol–water partition coefficient (Wildman–Crippen LogP) is 1.98. The molecule has 0 radical (unpaired) electrons. The maximum Gasteiger partial charge on any atom is 0.304 e. The van der Waals surface area contributed by atoms with Gasteiger partial charge in [0.15, 0.2) is 0 Å². The fourth-order valence-electron chi connectivity index (χ4n) is 2.35. The van der Waals surface area contributed by atoms with Crippen molar-refractivity contribution in [1.29, 1.82) is 5.26 Å². The van der Waals surface area contributed by atoms with Crippen LogP contribution in [0.15, 0.2) is 24.3 Å². The second-order valence-corrected chi connectivity index (χ2v) is 4.31. The highest BCUT2D eigenvalue weighted by Gasteiger charge is 2.32. The van der Waals surface area contributed by atoms with E-state index in [2.05, 4.69) is 6.07 Å². The van der Waals surface area contributed by atoms with Crippen LogP contribution in [0.1, 0.15) is 24.8 Å². The fraction of sp³-hybridized carbons (Fsp3) is 0.385. The van der Waals surface area contributed by atoms with E-state index in [9.17, 15) is 4.79 Å². The van der Waals surface area contributed by atoms with E-state index in [1.54, 1.807) is 0 Å². The molecular formula is C13H14N2O2. The van der Waals surface area contributed by atoms with E-state index in [0.717, 1.165) is 11.3 Å². The highest BCUT2D eigenvalue weighted by Crippen LogP contribution is 2.38. The van der Waals surface area contributed by atoms with Crippen LogP contribution in [0.2, 0.25) is 0 Å². The lowest BCUT2D eigenvalue weighted by Crippen LogP contribution is -2.31. The maximum atomic E-state index is 10.8. The van der Waals surface area contributed by atoms with Crippen molar-refractivity contribution in [2.75, 3.05) is 11.4 Å². The van der Waals surface area contributed by atoms with Crippen LogP contribution in [-0.4, -0.2) is 23.7 Å². The van der Waals surface area contributed by atoms with E-state index in [0.29, 0.717) is 6.54 Å². The SMILES string of the molecule is CC(C#N)N1CC(CC(=O)O)c2ccccc21. The minimum atomic E-state index is -0.795. The van der Waals surface area contributed by atoms with Crippen LogP contribution in [-0.2, 0) is 4.79 Å². The molecule has 4 nitrogen and oxygen atoms in total. The molecule has 1 N–H and O–H groups in total. The third-order valence-electron chi connectivity index (χ3n) is 3.18. The van der Waals surface area contributed by atoms with E-state index in [1.807, 2.05) is 36.1 Å². The van der Waals surface area contributed by atoms with Crippen molar-refractivity contribution >= 4 is 11.7 Å². The zero-order valence-corrected chi connectivity index (χ0v) is 9.63. The molecule has 1 heterocycles. The average Bonchev–Trinajstić information content (AvgIpc) is 2.67. The number of nitrogens with zero attached hydrogens (tertiary/aromatic N) is 2. The predicted molar refractivity (Wildman–Crippen MR) is 63.9 cm³/mol. The first-order chi connectivity index (χ1) is 8.13. The van der Waals surface area contributed by atoms with Gasteiger partial charge in [-0.15, -0.1) is 0 Å². The molecule has 4 heteroatoms. The number of rotatable bonds is 3. The zero-order chi connectivity index (χ0) is 12.4. The van der Waals surface area contributed by atoms with Gasteiger partial charge in [0, 0.05) is 18.2 Å². The van der Waals surface area contributed by atoms with Gasteiger partial charge in [-0.25, -0.2) is 0 Å². The summed E-state index contributed by atoms with van der Waals surface area (Å²) in [6.45, 7) is 2.44. The summed E-state index contributed by atoms with van der Waals surface area (Å²) in [7, 11) is 0. The van der Waals surface area contributed by atoms with Gasteiger partial charge in [0.25, 0.3) is 0 Å². The van der Waals surface area contributed by atoms with Crippen molar-refractivity contribution in [1.82, 2.24) is 0 Å². The Hall–Kier alpha value is -2.02. The third-order valence-corrected chi connectivity index (χ3v) is 3.18. The molecule has 0 saturated carbocycles. The molecule has 17 heavy (non-hydrogen) atoms. The summed E-state index contributed by atoms with van der Waals surface area (Å²) in [5, 5.41) is 17.9. The van der Waals surface area contributed by atoms with E-state index in [-0.39, 0.29) is 18.4 Å². The number of benzene rings is 1. The Balaban J connectivity index is 2.33. The normalized spacial score (nSPS) is 19.5. The molecule has 0 fully saturated rings. The Morgan fingerprint density at radius 2 is 2.35 bits per heavy atom. The summed E-state index contributed by atoms with van der Waals surface area (Å²) in [6, 6.07) is 9.70. The van der Waals surface area contributed by atoms with Gasteiger partial charge in [-0.1, -0.05) is 18.2 Å². The molecule has 0 aliphatic carbocycles. The molecule has 0 saturated heterocycles. The molecule has 1 aromatic carbocycles. The molecule has 0 bridgehead atoms. The zero-order valence-electron chi connectivity index (χ0n) is 9.63. The number of fused-ring (bicyclic) bond motifs is 1. The van der Waals surface area contributed by atoms with Crippen LogP contribution in [0.3, 0.4) is 0 Å². The number of nitriles is 1. The Morgan fingerprint density at radius 3 is 3.00 bits per heavy atom. The van der Waals surface area contributed by atoms with E-state index in [4.69, 9.17) is 10.4 Å². The number of hydrogen-bond donors (Lipinski definition) is 1. The van der Waals surface area contributed by atoms with Crippen molar-refractivity contribution in [2.45, 2.75) is 25.3 Å². The molecule has 88 valence electrons. The van der Waals surface area contributed by atoms with Crippen molar-refractivity contribution < 1.29 is 9.90 Å². The number of aliphatic carboxylic acids is 1. The van der Waals surface area contributed by atoms with Gasteiger partial charge in [-0.2, -0.15) is 5.26 Å². The first kappa shape index (κ1) is 11.5. The number of anilines is 1. The Labute approximate surface area is 100 Å². The standard InChI is InChI=1S/C13H14N2O2/c1-9(7-14)15-8-10(6-13(16)17)11-4-2-3-5-12(11)15/h2-5,9-10H,6,8H2,1H3,(H,16,17). The van der Waals surface area contributed by atoms with Crippen LogP contribution in [0, 0.1) is 11.3 Å². The topological polar surface area (TPSA) is 64.3 Å². The number of carboxylic acids is 1. The molecule has 0 spiro atoms. The lowest BCUT2D eigenvalue weighted by molar-refractivity contribution is -0.137. The number of carbonyl (C=O) groups is 1. The van der Waals surface area contributed by atoms with Crippen molar-refractivity contribution in [3.63, 3.8) is 0 Å². The van der Waals surface area contributed by atoms with Crippen molar-refractivity contribution in [3.05, 3.63) is 29.8 Å². The lowest BCUT2D eigenvalue weighted by atomic mass is 9.98. The molecule has 0 aromatic heterocycles. The van der Waals surface area contributed by atoms with Crippen molar-refractivity contribution in [3.8, 4) is 6.07 Å². The number of para-hydroxylation sites is 1. The molecule has 1 aliphatic heterocycles. The van der Waals surface area contributed by atoms with Gasteiger partial charge in [-0.3, -0.25) is 4.79 Å². The van der Waals surface area contributed by atoms with Crippen LogP contribution >= 0.6 is 0 Å². The Kier molecular flexibility index (Phi) is 3.01. The molecule has 2 atom stereocenters. The second-order valence-electron chi connectivity index (χ2n) is 4.31. The minimum absolute atomic E-state index is 0.0144. The largest absolute Gasteiger partial charge is 0.481 e. The number of hydrogen-bond acceptors (Lipinski definition) is 3. The smallest absolute Gasteiger partial charge is 0.304 e. The summed E-state index contributed by atoms with van der Waals surface area (Å²) >= 11 is 0. The van der Waals surface area contributed by atoms with E-state index >= 15 is 0 Å². The highest BCUT2D eigenvalue weighted by atomic mass is 16.4. The third kappa shape index (κ3) is 2.09. The lowest BCUT2D eigenvalue weighted by Gasteiger charge is -2.22. The highest BCUT2D eigenvalue weighted by molar-refractivity contribution is 5.71. The Morgan fingerprint density at radius 1 is 1.65 bits per heavy atom. The maximum absolute atomic E-state index is 10.8. The summed E-state index contributed by atoms with van der Waals surface area (Å²) in [5.41, 5.74) is 2.03. The van der Waals surface area contributed by atoms with Gasteiger partial charge in [0.2, 0.25) is 0 Å². The summed E-state index contributed by atoms with van der Waals surface area (Å²) in [5.74, 6) is -0.809. The molecular weight excluding hydrogens is 216 g/mol. The van der Waals surface area contributed by atoms with Gasteiger partial charge in [0.1, 0.15) is 6.04 Å². The van der Waals surface area contributed by atoms with Gasteiger partial charge < -0.3 is 10.0 Å². The van der Waals surface area contributed by atoms with E-state index < -0.39 is 5.97 Å². The minimum Gasteiger partial charge on any atom is -0.481 e. The first-order valence-electron chi connectivity index (χ1n) is 5.60. The Bertz CT molecular complexity index is 479. The summed E-state index contributed by atoms with van der Waals surface area (Å²) in [6.07, 6.45) is 0.117. The fourth-order valence-corrected chi connectivity index (χ4v) is 2.35.